The van der Waals surface area contributed by atoms with E-state index in [0.717, 1.165) is 17.6 Å². The SMILES string of the molecule is C=C(C)C(=O)OCC[N+](C)(C)CCCCCCC. The highest BCUT2D eigenvalue weighted by Gasteiger charge is 2.15. The number of ether oxygens (including phenoxy) is 1. The van der Waals surface area contributed by atoms with E-state index in [1.807, 2.05) is 0 Å². The molecule has 0 aliphatic heterocycles. The van der Waals surface area contributed by atoms with E-state index in [1.165, 1.54) is 32.1 Å². The molecule has 0 aromatic rings. The van der Waals surface area contributed by atoms with Crippen LogP contribution in [0, 0.1) is 0 Å². The number of carbonyl (C=O) groups excluding carboxylic acids is 1. The molecule has 3 nitrogen and oxygen atoms in total. The second-order valence-electron chi connectivity index (χ2n) is 5.71. The Labute approximate surface area is 112 Å². The average Bonchev–Trinajstić information content (AvgIpc) is 2.28. The van der Waals surface area contributed by atoms with Crippen LogP contribution in [-0.2, 0) is 9.53 Å². The number of esters is 1. The first-order chi connectivity index (χ1) is 8.39. The van der Waals surface area contributed by atoms with Crippen LogP contribution in [0.4, 0.5) is 0 Å². The molecule has 0 radical (unpaired) electrons. The van der Waals surface area contributed by atoms with Crippen molar-refractivity contribution in [2.24, 2.45) is 0 Å². The number of hydrogen-bond acceptors (Lipinski definition) is 2. The molecule has 18 heavy (non-hydrogen) atoms. The number of rotatable bonds is 10. The van der Waals surface area contributed by atoms with Crippen molar-refractivity contribution in [1.29, 1.82) is 0 Å². The molecule has 0 aliphatic carbocycles. The zero-order chi connectivity index (χ0) is 14.0. The van der Waals surface area contributed by atoms with E-state index in [9.17, 15) is 4.79 Å². The lowest BCUT2D eigenvalue weighted by Gasteiger charge is -2.29. The van der Waals surface area contributed by atoms with Crippen LogP contribution in [-0.4, -0.2) is 44.2 Å². The van der Waals surface area contributed by atoms with Crippen LogP contribution >= 0.6 is 0 Å². The Bertz CT molecular complexity index is 259. The summed E-state index contributed by atoms with van der Waals surface area (Å²) < 4.78 is 6.04. The van der Waals surface area contributed by atoms with Crippen LogP contribution in [0.15, 0.2) is 12.2 Å². The van der Waals surface area contributed by atoms with Gasteiger partial charge in [0.05, 0.1) is 20.6 Å². The first kappa shape index (κ1) is 17.2. The number of nitrogens with zero attached hydrogens (tertiary/aromatic N) is 1. The molecule has 0 aromatic heterocycles. The first-order valence-electron chi connectivity index (χ1n) is 7.03. The lowest BCUT2D eigenvalue weighted by molar-refractivity contribution is -0.890. The summed E-state index contributed by atoms with van der Waals surface area (Å²) in [5.41, 5.74) is 0.472. The minimum atomic E-state index is -0.280. The molecule has 0 aromatic carbocycles. The van der Waals surface area contributed by atoms with Gasteiger partial charge in [0.25, 0.3) is 0 Å². The first-order valence-corrected chi connectivity index (χ1v) is 7.03. The van der Waals surface area contributed by atoms with Gasteiger partial charge >= 0.3 is 5.97 Å². The van der Waals surface area contributed by atoms with Gasteiger partial charge in [0.1, 0.15) is 13.2 Å². The highest BCUT2D eigenvalue weighted by molar-refractivity contribution is 5.86. The third-order valence-corrected chi connectivity index (χ3v) is 3.15. The number of likely N-dealkylation sites (N-methyl/N-ethyl adjacent to an activating group) is 1. The van der Waals surface area contributed by atoms with E-state index in [-0.39, 0.29) is 5.97 Å². The number of hydrogen-bond donors (Lipinski definition) is 0. The fourth-order valence-corrected chi connectivity index (χ4v) is 1.76. The zero-order valence-electron chi connectivity index (χ0n) is 12.6. The number of carbonyl (C=O) groups is 1. The molecule has 0 N–H and O–H groups in total. The monoisotopic (exact) mass is 256 g/mol. The van der Waals surface area contributed by atoms with Crippen LogP contribution in [0.25, 0.3) is 0 Å². The van der Waals surface area contributed by atoms with Crippen LogP contribution in [0.1, 0.15) is 46.0 Å². The summed E-state index contributed by atoms with van der Waals surface area (Å²) in [7, 11) is 4.38. The third-order valence-electron chi connectivity index (χ3n) is 3.15. The molecule has 0 saturated heterocycles. The van der Waals surface area contributed by atoms with E-state index in [2.05, 4.69) is 27.6 Å². The average molecular weight is 256 g/mol. The lowest BCUT2D eigenvalue weighted by atomic mass is 10.1. The largest absolute Gasteiger partial charge is 0.456 e. The van der Waals surface area contributed by atoms with Crippen LogP contribution < -0.4 is 0 Å². The van der Waals surface area contributed by atoms with Gasteiger partial charge in [-0.05, 0) is 19.8 Å². The molecule has 0 spiro atoms. The van der Waals surface area contributed by atoms with E-state index in [4.69, 9.17) is 4.74 Å². The van der Waals surface area contributed by atoms with Gasteiger partial charge < -0.3 is 9.22 Å². The lowest BCUT2D eigenvalue weighted by Crippen LogP contribution is -2.43. The molecular formula is C15H30NO2+. The van der Waals surface area contributed by atoms with Crippen molar-refractivity contribution in [3.63, 3.8) is 0 Å². The fraction of sp³-hybridized carbons (Fsp3) is 0.800. The standard InChI is InChI=1S/C15H30NO2/c1-6-7-8-9-10-11-16(4,5)12-13-18-15(17)14(2)3/h2,6-13H2,1,3-5H3/q+1. The molecule has 3 heteroatoms. The summed E-state index contributed by atoms with van der Waals surface area (Å²) in [6.07, 6.45) is 6.52. The Hall–Kier alpha value is -0.830. The predicted octanol–water partition coefficient (Wildman–Crippen LogP) is 3.15. The Morgan fingerprint density at radius 3 is 2.28 bits per heavy atom. The Morgan fingerprint density at radius 2 is 1.72 bits per heavy atom. The van der Waals surface area contributed by atoms with Gasteiger partial charge in [0.15, 0.2) is 0 Å². The van der Waals surface area contributed by atoms with Crippen molar-refractivity contribution in [3.8, 4) is 0 Å². The van der Waals surface area contributed by atoms with Crippen molar-refractivity contribution >= 4 is 5.97 Å². The topological polar surface area (TPSA) is 26.3 Å². The highest BCUT2D eigenvalue weighted by atomic mass is 16.5. The number of unbranched alkanes of at least 4 members (excludes halogenated alkanes) is 4. The normalized spacial score (nSPS) is 11.3. The summed E-state index contributed by atoms with van der Waals surface area (Å²) in [6, 6.07) is 0. The fourth-order valence-electron chi connectivity index (χ4n) is 1.76. The number of quaternary nitrogens is 1. The molecule has 0 aliphatic rings. The second-order valence-corrected chi connectivity index (χ2v) is 5.71. The van der Waals surface area contributed by atoms with E-state index in [1.54, 1.807) is 6.92 Å². The van der Waals surface area contributed by atoms with Gasteiger partial charge in [-0.25, -0.2) is 4.79 Å². The maximum absolute atomic E-state index is 11.2. The smallest absolute Gasteiger partial charge is 0.333 e. The quantitative estimate of drug-likeness (QED) is 0.260. The maximum Gasteiger partial charge on any atom is 0.333 e. The predicted molar refractivity (Wildman–Crippen MR) is 76.4 cm³/mol. The van der Waals surface area contributed by atoms with Crippen molar-refractivity contribution in [2.45, 2.75) is 46.0 Å². The maximum atomic E-state index is 11.2. The highest BCUT2D eigenvalue weighted by Crippen LogP contribution is 2.07. The molecule has 0 rings (SSSR count). The molecule has 0 atom stereocenters. The third kappa shape index (κ3) is 9.23. The van der Waals surface area contributed by atoms with Crippen LogP contribution in [0.3, 0.4) is 0 Å². The van der Waals surface area contributed by atoms with E-state index >= 15 is 0 Å². The van der Waals surface area contributed by atoms with E-state index < -0.39 is 0 Å². The van der Waals surface area contributed by atoms with Gasteiger partial charge in [-0.15, -0.1) is 0 Å². The van der Waals surface area contributed by atoms with Crippen LogP contribution in [0.2, 0.25) is 0 Å². The summed E-state index contributed by atoms with van der Waals surface area (Å²) in [5.74, 6) is -0.280. The summed E-state index contributed by atoms with van der Waals surface area (Å²) in [4.78, 5) is 11.2. The molecule has 106 valence electrons. The second kappa shape index (κ2) is 9.15. The van der Waals surface area contributed by atoms with Crippen molar-refractivity contribution in [2.75, 3.05) is 33.8 Å². The Morgan fingerprint density at radius 1 is 1.11 bits per heavy atom. The minimum Gasteiger partial charge on any atom is -0.456 e. The van der Waals surface area contributed by atoms with Gasteiger partial charge in [-0.1, -0.05) is 32.8 Å². The zero-order valence-corrected chi connectivity index (χ0v) is 12.6. The molecule has 0 unspecified atom stereocenters. The molecule has 0 amide bonds. The van der Waals surface area contributed by atoms with Gasteiger partial charge in [-0.2, -0.15) is 0 Å². The Balaban J connectivity index is 3.66. The molecule has 0 heterocycles. The molecule has 0 fully saturated rings. The van der Waals surface area contributed by atoms with Crippen molar-refractivity contribution in [3.05, 3.63) is 12.2 Å². The summed E-state index contributed by atoms with van der Waals surface area (Å²) in [6.45, 7) is 9.97. The van der Waals surface area contributed by atoms with Gasteiger partial charge in [0, 0.05) is 5.57 Å². The molecule has 0 saturated carbocycles. The van der Waals surface area contributed by atoms with Gasteiger partial charge in [0.2, 0.25) is 0 Å². The minimum absolute atomic E-state index is 0.280. The summed E-state index contributed by atoms with van der Waals surface area (Å²) in [5, 5.41) is 0. The molecular weight excluding hydrogens is 226 g/mol. The summed E-state index contributed by atoms with van der Waals surface area (Å²) >= 11 is 0. The Kier molecular flexibility index (Phi) is 8.73. The van der Waals surface area contributed by atoms with E-state index in [0.29, 0.717) is 12.2 Å². The molecule has 0 bridgehead atoms. The van der Waals surface area contributed by atoms with Crippen molar-refractivity contribution < 1.29 is 14.0 Å². The van der Waals surface area contributed by atoms with Crippen LogP contribution in [0.5, 0.6) is 0 Å². The van der Waals surface area contributed by atoms with Gasteiger partial charge in [-0.3, -0.25) is 0 Å². The van der Waals surface area contributed by atoms with Crippen molar-refractivity contribution in [1.82, 2.24) is 0 Å².